The van der Waals surface area contributed by atoms with Crippen LogP contribution in [0.1, 0.15) is 56.3 Å². The van der Waals surface area contributed by atoms with Gasteiger partial charge in [0.15, 0.2) is 5.11 Å². The topological polar surface area (TPSA) is 41.6 Å². The van der Waals surface area contributed by atoms with Gasteiger partial charge in [0.25, 0.3) is 0 Å². The van der Waals surface area contributed by atoms with E-state index in [0.29, 0.717) is 11.2 Å². The summed E-state index contributed by atoms with van der Waals surface area (Å²) in [5, 5.41) is 3.86. The predicted octanol–water partition coefficient (Wildman–Crippen LogP) is 4.08. The van der Waals surface area contributed by atoms with Gasteiger partial charge >= 0.3 is 6.09 Å². The van der Waals surface area contributed by atoms with Crippen molar-refractivity contribution in [3.63, 3.8) is 0 Å². The summed E-state index contributed by atoms with van der Waals surface area (Å²) in [6.07, 6.45) is 5.38. The van der Waals surface area contributed by atoms with Gasteiger partial charge in [-0.2, -0.15) is 0 Å². The van der Waals surface area contributed by atoms with Crippen molar-refractivity contribution < 1.29 is 9.53 Å². The van der Waals surface area contributed by atoms with Crippen LogP contribution in [0.2, 0.25) is 0 Å². The van der Waals surface area contributed by atoms with Crippen molar-refractivity contribution in [1.29, 1.82) is 0 Å². The third-order valence-electron chi connectivity index (χ3n) is 4.83. The Bertz CT molecular complexity index is 581. The highest BCUT2D eigenvalue weighted by molar-refractivity contribution is 7.80. The van der Waals surface area contributed by atoms with Gasteiger partial charge in [-0.05, 0) is 44.5 Å². The Balaban J connectivity index is 1.69. The van der Waals surface area contributed by atoms with Crippen LogP contribution in [0.4, 0.5) is 4.79 Å². The Morgan fingerprint density at radius 3 is 2.52 bits per heavy atom. The number of amides is 1. The number of thiocarbonyl (C=S) groups is 1. The van der Waals surface area contributed by atoms with Crippen molar-refractivity contribution in [3.05, 3.63) is 35.4 Å². The second-order valence-corrected chi connectivity index (χ2v) is 7.00. The summed E-state index contributed by atoms with van der Waals surface area (Å²) in [5.74, 6) is 0. The molecule has 0 bridgehead atoms. The second-order valence-electron chi connectivity index (χ2n) is 6.61. The molecule has 1 aromatic rings. The molecule has 1 saturated heterocycles. The zero-order chi connectivity index (χ0) is 16.4. The fourth-order valence-corrected chi connectivity index (χ4v) is 3.83. The van der Waals surface area contributed by atoms with Crippen LogP contribution in [0.15, 0.2) is 24.3 Å². The Morgan fingerprint density at radius 2 is 1.87 bits per heavy atom. The third kappa shape index (κ3) is 3.50. The van der Waals surface area contributed by atoms with Gasteiger partial charge in [0.05, 0.1) is 6.04 Å². The minimum absolute atomic E-state index is 0.103. The lowest BCUT2D eigenvalue weighted by atomic mass is 9.96. The lowest BCUT2D eigenvalue weighted by Crippen LogP contribution is -2.48. The second kappa shape index (κ2) is 6.87. The Morgan fingerprint density at radius 1 is 1.22 bits per heavy atom. The molecule has 1 aromatic carbocycles. The van der Waals surface area contributed by atoms with Gasteiger partial charge in [0.2, 0.25) is 0 Å². The Kier molecular flexibility index (Phi) is 4.85. The number of hydrogen-bond acceptors (Lipinski definition) is 3. The fraction of sp³-hybridized carbons (Fsp3) is 0.556. The van der Waals surface area contributed by atoms with E-state index in [9.17, 15) is 4.79 Å². The molecular formula is C18H24N2O2S. The smallest absolute Gasteiger partial charge is 0.417 e. The van der Waals surface area contributed by atoms with Crippen molar-refractivity contribution in [2.45, 2.75) is 64.1 Å². The average molecular weight is 332 g/mol. The van der Waals surface area contributed by atoms with Crippen molar-refractivity contribution in [1.82, 2.24) is 10.2 Å². The van der Waals surface area contributed by atoms with E-state index in [1.807, 2.05) is 38.1 Å². The molecule has 1 heterocycles. The zero-order valence-electron chi connectivity index (χ0n) is 13.7. The third-order valence-corrected chi connectivity index (χ3v) is 5.14. The summed E-state index contributed by atoms with van der Waals surface area (Å²) >= 11 is 5.49. The molecular weight excluding hydrogens is 308 g/mol. The maximum absolute atomic E-state index is 12.3. The first-order valence-corrected chi connectivity index (χ1v) is 8.84. The largest absolute Gasteiger partial charge is 0.439 e. The number of carbonyl (C=O) groups is 1. The van der Waals surface area contributed by atoms with Crippen LogP contribution < -0.4 is 5.32 Å². The van der Waals surface area contributed by atoms with E-state index in [4.69, 9.17) is 17.0 Å². The molecule has 1 saturated carbocycles. The van der Waals surface area contributed by atoms with Crippen LogP contribution in [0.25, 0.3) is 0 Å². The highest BCUT2D eigenvalue weighted by atomic mass is 32.1. The minimum Gasteiger partial charge on any atom is -0.439 e. The number of rotatable bonds is 2. The normalized spacial score (nSPS) is 25.3. The number of aryl methyl sites for hydroxylation is 1. The first-order chi connectivity index (χ1) is 11.1. The molecule has 5 heteroatoms. The number of nitrogens with one attached hydrogen (secondary N) is 1. The molecule has 1 N–H and O–H groups in total. The molecule has 1 aliphatic heterocycles. The van der Waals surface area contributed by atoms with Crippen LogP contribution in [0.3, 0.4) is 0 Å². The number of hydrogen-bond donors (Lipinski definition) is 1. The van der Waals surface area contributed by atoms with Crippen molar-refractivity contribution in [2.24, 2.45) is 0 Å². The number of ether oxygens (including phenoxy) is 1. The number of carbonyl (C=O) groups excluding carboxylic acids is 1. The molecule has 2 unspecified atom stereocenters. The van der Waals surface area contributed by atoms with Gasteiger partial charge in [-0.1, -0.05) is 49.1 Å². The number of cyclic esters (lactones) is 1. The quantitative estimate of drug-likeness (QED) is 0.829. The monoisotopic (exact) mass is 332 g/mol. The van der Waals surface area contributed by atoms with Gasteiger partial charge < -0.3 is 10.1 Å². The zero-order valence-corrected chi connectivity index (χ0v) is 14.6. The fourth-order valence-electron chi connectivity index (χ4n) is 3.43. The Hall–Kier alpha value is -1.62. The summed E-state index contributed by atoms with van der Waals surface area (Å²) < 4.78 is 5.58. The van der Waals surface area contributed by atoms with Gasteiger partial charge in [-0.15, -0.1) is 0 Å². The molecule has 0 aromatic heterocycles. The number of benzene rings is 1. The van der Waals surface area contributed by atoms with Crippen molar-refractivity contribution >= 4 is 23.4 Å². The van der Waals surface area contributed by atoms with Crippen molar-refractivity contribution in [2.75, 3.05) is 0 Å². The van der Waals surface area contributed by atoms with Crippen LogP contribution in [-0.2, 0) is 4.74 Å². The average Bonchev–Trinajstić information content (AvgIpc) is 2.84. The van der Waals surface area contributed by atoms with E-state index in [2.05, 4.69) is 5.32 Å². The summed E-state index contributed by atoms with van der Waals surface area (Å²) in [4.78, 5) is 13.9. The van der Waals surface area contributed by atoms with Gasteiger partial charge in [0.1, 0.15) is 6.10 Å². The first-order valence-electron chi connectivity index (χ1n) is 8.43. The van der Waals surface area contributed by atoms with E-state index in [0.717, 1.165) is 18.4 Å². The number of nitrogens with zero attached hydrogens (tertiary/aromatic N) is 1. The van der Waals surface area contributed by atoms with Gasteiger partial charge in [0, 0.05) is 6.04 Å². The summed E-state index contributed by atoms with van der Waals surface area (Å²) in [6.45, 7) is 4.04. The highest BCUT2D eigenvalue weighted by Gasteiger charge is 2.42. The highest BCUT2D eigenvalue weighted by Crippen LogP contribution is 2.32. The van der Waals surface area contributed by atoms with Crippen molar-refractivity contribution in [3.8, 4) is 0 Å². The maximum atomic E-state index is 12.3. The lowest BCUT2D eigenvalue weighted by molar-refractivity contribution is 0.132. The molecule has 3 rings (SSSR count). The molecule has 2 fully saturated rings. The van der Waals surface area contributed by atoms with Crippen LogP contribution in [0, 0.1) is 6.92 Å². The molecule has 1 aliphatic carbocycles. The molecule has 1 amide bonds. The molecule has 2 atom stereocenters. The van der Waals surface area contributed by atoms with Crippen LogP contribution >= 0.6 is 12.2 Å². The molecule has 23 heavy (non-hydrogen) atoms. The Labute approximate surface area is 143 Å². The SMILES string of the molecule is Cc1ccc(C2OC(=O)N(C(=S)NC3CCCCC3)C2C)cc1. The minimum atomic E-state index is -0.351. The van der Waals surface area contributed by atoms with Crippen LogP contribution in [0.5, 0.6) is 0 Å². The molecule has 0 radical (unpaired) electrons. The lowest BCUT2D eigenvalue weighted by Gasteiger charge is -2.28. The molecule has 124 valence electrons. The molecule has 0 spiro atoms. The first kappa shape index (κ1) is 16.2. The van der Waals surface area contributed by atoms with E-state index in [1.165, 1.54) is 24.8 Å². The van der Waals surface area contributed by atoms with E-state index in [-0.39, 0.29) is 18.2 Å². The standard InChI is InChI=1S/C18H24N2O2S/c1-12-8-10-14(11-9-12)16-13(2)20(18(21)22-16)17(23)19-15-6-4-3-5-7-15/h8-11,13,15-16H,3-7H2,1-2H3,(H,19,23). The molecule has 2 aliphatic rings. The summed E-state index contributed by atoms with van der Waals surface area (Å²) in [6, 6.07) is 8.40. The van der Waals surface area contributed by atoms with E-state index >= 15 is 0 Å². The van der Waals surface area contributed by atoms with Gasteiger partial charge in [-0.3, -0.25) is 0 Å². The van der Waals surface area contributed by atoms with E-state index in [1.54, 1.807) is 4.90 Å². The van der Waals surface area contributed by atoms with Gasteiger partial charge in [-0.25, -0.2) is 9.69 Å². The predicted molar refractivity (Wildman–Crippen MR) is 94.3 cm³/mol. The molecule has 4 nitrogen and oxygen atoms in total. The van der Waals surface area contributed by atoms with Crippen LogP contribution in [-0.4, -0.2) is 28.2 Å². The summed E-state index contributed by atoms with van der Waals surface area (Å²) in [5.41, 5.74) is 2.21. The van der Waals surface area contributed by atoms with E-state index < -0.39 is 0 Å². The maximum Gasteiger partial charge on any atom is 0.417 e. The summed E-state index contributed by atoms with van der Waals surface area (Å²) in [7, 11) is 0.